The molecule has 0 radical (unpaired) electrons. The minimum atomic E-state index is -4.78. The zero-order valence-corrected chi connectivity index (χ0v) is 18.6. The van der Waals surface area contributed by atoms with Crippen LogP contribution >= 0.6 is 0 Å². The van der Waals surface area contributed by atoms with E-state index in [-0.39, 0.29) is 11.7 Å². The molecule has 5 rings (SSSR count). The van der Waals surface area contributed by atoms with Crippen LogP contribution in [0.1, 0.15) is 16.1 Å². The van der Waals surface area contributed by atoms with E-state index in [9.17, 15) is 18.0 Å². The largest absolute Gasteiger partial charge is 0.573 e. The molecule has 1 aliphatic heterocycles. The van der Waals surface area contributed by atoms with Gasteiger partial charge in [0.15, 0.2) is 11.6 Å². The van der Waals surface area contributed by atoms with Crippen molar-refractivity contribution in [2.24, 2.45) is 0 Å². The molecule has 0 spiro atoms. The van der Waals surface area contributed by atoms with Crippen molar-refractivity contribution in [3.8, 4) is 5.75 Å². The Balaban J connectivity index is 1.27. The van der Waals surface area contributed by atoms with Crippen molar-refractivity contribution in [1.82, 2.24) is 29.7 Å². The molecule has 0 aliphatic carbocycles. The fourth-order valence-electron chi connectivity index (χ4n) is 3.84. The number of fused-ring (bicyclic) bond motifs is 1. The third-order valence-corrected chi connectivity index (χ3v) is 5.52. The van der Waals surface area contributed by atoms with E-state index >= 15 is 0 Å². The summed E-state index contributed by atoms with van der Waals surface area (Å²) < 4.78 is 42.6. The maximum Gasteiger partial charge on any atom is 0.573 e. The number of aryl methyl sites for hydroxylation is 1. The van der Waals surface area contributed by atoms with Crippen molar-refractivity contribution in [3.05, 3.63) is 59.9 Å². The van der Waals surface area contributed by atoms with Crippen molar-refractivity contribution in [3.63, 3.8) is 0 Å². The van der Waals surface area contributed by atoms with Gasteiger partial charge in [0, 0.05) is 49.7 Å². The molecule has 0 bridgehead atoms. The maximum absolute atomic E-state index is 12.8. The molecule has 35 heavy (non-hydrogen) atoms. The minimum Gasteiger partial charge on any atom is -0.406 e. The number of benzene rings is 1. The summed E-state index contributed by atoms with van der Waals surface area (Å²) in [6, 6.07) is 10.6. The summed E-state index contributed by atoms with van der Waals surface area (Å²) in [5.41, 5.74) is 2.00. The molecule has 1 saturated heterocycles. The first-order chi connectivity index (χ1) is 16.7. The predicted molar refractivity (Wildman–Crippen MR) is 121 cm³/mol. The number of nitrogens with zero attached hydrogens (tertiary/aromatic N) is 6. The number of anilines is 3. The number of amides is 1. The Morgan fingerprint density at radius 3 is 2.51 bits per heavy atom. The number of carbonyl (C=O) groups excluding carboxylic acids is 1. The van der Waals surface area contributed by atoms with Crippen molar-refractivity contribution in [1.29, 1.82) is 0 Å². The van der Waals surface area contributed by atoms with Gasteiger partial charge in [0.05, 0.1) is 0 Å². The lowest BCUT2D eigenvalue weighted by Crippen LogP contribution is -2.49. The summed E-state index contributed by atoms with van der Waals surface area (Å²) in [5, 5.41) is 14.9. The number of piperazine rings is 1. The number of aromatic amines is 1. The van der Waals surface area contributed by atoms with Crippen LogP contribution in [0.3, 0.4) is 0 Å². The van der Waals surface area contributed by atoms with Crippen LogP contribution in [0.25, 0.3) is 5.52 Å². The van der Waals surface area contributed by atoms with E-state index in [0.29, 0.717) is 49.3 Å². The van der Waals surface area contributed by atoms with Gasteiger partial charge in [0.2, 0.25) is 5.95 Å². The van der Waals surface area contributed by atoms with E-state index < -0.39 is 6.36 Å². The van der Waals surface area contributed by atoms with Crippen molar-refractivity contribution in [2.45, 2.75) is 13.3 Å². The van der Waals surface area contributed by atoms with Crippen LogP contribution in [-0.2, 0) is 0 Å². The van der Waals surface area contributed by atoms with E-state index in [2.05, 4.69) is 30.3 Å². The lowest BCUT2D eigenvalue weighted by molar-refractivity contribution is -0.274. The number of ether oxygens (including phenoxy) is 1. The molecule has 2 N–H and O–H groups in total. The summed E-state index contributed by atoms with van der Waals surface area (Å²) in [7, 11) is 0. The molecule has 0 atom stereocenters. The number of aromatic nitrogens is 5. The normalized spacial score (nSPS) is 14.4. The van der Waals surface area contributed by atoms with Gasteiger partial charge in [0.1, 0.15) is 11.3 Å². The van der Waals surface area contributed by atoms with Crippen LogP contribution < -0.4 is 15.0 Å². The van der Waals surface area contributed by atoms with Crippen LogP contribution in [0.2, 0.25) is 0 Å². The van der Waals surface area contributed by atoms with E-state index in [0.717, 1.165) is 23.3 Å². The van der Waals surface area contributed by atoms with Gasteiger partial charge in [-0.25, -0.2) is 4.52 Å². The Morgan fingerprint density at radius 1 is 1.11 bits per heavy atom. The van der Waals surface area contributed by atoms with Gasteiger partial charge >= 0.3 is 6.36 Å². The van der Waals surface area contributed by atoms with Crippen molar-refractivity contribution < 1.29 is 22.7 Å². The quantitative estimate of drug-likeness (QED) is 0.446. The van der Waals surface area contributed by atoms with Crippen LogP contribution in [0.15, 0.2) is 48.7 Å². The number of halogens is 3. The van der Waals surface area contributed by atoms with Crippen LogP contribution in [0.5, 0.6) is 5.75 Å². The number of nitrogens with one attached hydrogen (secondary N) is 2. The molecule has 0 unspecified atom stereocenters. The first-order valence-corrected chi connectivity index (χ1v) is 10.8. The van der Waals surface area contributed by atoms with Gasteiger partial charge in [-0.15, -0.1) is 18.3 Å². The molecule has 3 aromatic heterocycles. The highest BCUT2D eigenvalue weighted by molar-refractivity contribution is 5.94. The topological polar surface area (TPSA) is 104 Å². The van der Waals surface area contributed by atoms with E-state index in [4.69, 9.17) is 0 Å². The molecular formula is C22H21F3N8O2. The molecule has 1 fully saturated rings. The van der Waals surface area contributed by atoms with Gasteiger partial charge < -0.3 is 19.9 Å². The van der Waals surface area contributed by atoms with Crippen LogP contribution in [0, 0.1) is 6.92 Å². The highest BCUT2D eigenvalue weighted by Crippen LogP contribution is 2.25. The standard InChI is InChI=1S/C22H21F3N8O2/c1-14-13-18(29-28-14)26-19-17-3-2-8-33(17)30-21(27-19)32-11-9-31(10-12-32)20(34)15-4-6-16(7-5-15)35-22(23,24)25/h2-8,13H,9-12H2,1H3,(H2,26,27,28,29,30). The third-order valence-electron chi connectivity index (χ3n) is 5.52. The summed E-state index contributed by atoms with van der Waals surface area (Å²) in [6.45, 7) is 3.72. The number of rotatable bonds is 5. The Kier molecular flexibility index (Phi) is 5.67. The highest BCUT2D eigenvalue weighted by atomic mass is 19.4. The number of hydrogen-bond donors (Lipinski definition) is 2. The average Bonchev–Trinajstić information content (AvgIpc) is 3.47. The summed E-state index contributed by atoms with van der Waals surface area (Å²) in [4.78, 5) is 21.1. The maximum atomic E-state index is 12.8. The number of alkyl halides is 3. The second-order valence-electron chi connectivity index (χ2n) is 8.01. The minimum absolute atomic E-state index is 0.263. The van der Waals surface area contributed by atoms with E-state index in [1.54, 1.807) is 9.42 Å². The highest BCUT2D eigenvalue weighted by Gasteiger charge is 2.31. The van der Waals surface area contributed by atoms with E-state index in [1.165, 1.54) is 12.1 Å². The zero-order chi connectivity index (χ0) is 24.6. The summed E-state index contributed by atoms with van der Waals surface area (Å²) in [5.74, 6) is 1.11. The van der Waals surface area contributed by atoms with Gasteiger partial charge in [-0.1, -0.05) is 0 Å². The molecule has 4 heterocycles. The molecule has 4 aromatic rings. The van der Waals surface area contributed by atoms with Crippen LogP contribution in [-0.4, -0.2) is 68.1 Å². The fourth-order valence-corrected chi connectivity index (χ4v) is 3.84. The number of hydrogen-bond acceptors (Lipinski definition) is 7. The van der Waals surface area contributed by atoms with Gasteiger partial charge in [-0.05, 0) is 43.3 Å². The summed E-state index contributed by atoms with van der Waals surface area (Å²) in [6.07, 6.45) is -2.95. The Bertz CT molecular complexity index is 1340. The Labute approximate surface area is 197 Å². The first kappa shape index (κ1) is 22.5. The van der Waals surface area contributed by atoms with Gasteiger partial charge in [0.25, 0.3) is 5.91 Å². The second kappa shape index (κ2) is 8.81. The molecule has 182 valence electrons. The third kappa shape index (κ3) is 4.98. The lowest BCUT2D eigenvalue weighted by Gasteiger charge is -2.34. The molecule has 13 heteroatoms. The smallest absolute Gasteiger partial charge is 0.406 e. The Hall–Kier alpha value is -4.29. The molecule has 0 saturated carbocycles. The first-order valence-electron chi connectivity index (χ1n) is 10.8. The van der Waals surface area contributed by atoms with Crippen molar-refractivity contribution >= 4 is 29.0 Å². The predicted octanol–water partition coefficient (Wildman–Crippen LogP) is 3.37. The molecule has 10 nitrogen and oxygen atoms in total. The molecule has 1 aromatic carbocycles. The SMILES string of the molecule is Cc1cc(Nc2nc(N3CCN(C(=O)c4ccc(OC(F)(F)F)cc4)CC3)nn3cccc23)n[nH]1. The summed E-state index contributed by atoms with van der Waals surface area (Å²) >= 11 is 0. The van der Waals surface area contributed by atoms with Gasteiger partial charge in [-0.3, -0.25) is 9.89 Å². The average molecular weight is 486 g/mol. The lowest BCUT2D eigenvalue weighted by atomic mass is 10.1. The number of H-pyrrole nitrogens is 1. The number of carbonyl (C=O) groups is 1. The fraction of sp³-hybridized carbons (Fsp3) is 0.273. The van der Waals surface area contributed by atoms with Crippen molar-refractivity contribution in [2.75, 3.05) is 36.4 Å². The second-order valence-corrected chi connectivity index (χ2v) is 8.01. The Morgan fingerprint density at radius 2 is 1.86 bits per heavy atom. The van der Waals surface area contributed by atoms with E-state index in [1.807, 2.05) is 36.2 Å². The molecule has 1 aliphatic rings. The molecule has 1 amide bonds. The van der Waals surface area contributed by atoms with Gasteiger partial charge in [-0.2, -0.15) is 10.1 Å². The molecular weight excluding hydrogens is 465 g/mol. The monoisotopic (exact) mass is 486 g/mol. The van der Waals surface area contributed by atoms with Crippen LogP contribution in [0.4, 0.5) is 30.8 Å². The zero-order valence-electron chi connectivity index (χ0n) is 18.6.